The van der Waals surface area contributed by atoms with Crippen molar-refractivity contribution in [2.24, 2.45) is 0 Å². The van der Waals surface area contributed by atoms with Crippen LogP contribution in [0.2, 0.25) is 0 Å². The molecular weight excluding hydrogens is 277 g/mol. The maximum absolute atomic E-state index is 13.8. The smallest absolute Gasteiger partial charge is 0.154 e. The molecule has 0 saturated carbocycles. The van der Waals surface area contributed by atoms with Gasteiger partial charge in [-0.05, 0) is 44.9 Å². The first-order chi connectivity index (χ1) is 9.20. The first-order valence-corrected chi connectivity index (χ1v) is 8.75. The van der Waals surface area contributed by atoms with Crippen LogP contribution in [0, 0.1) is 5.82 Å². The molecule has 5 heteroatoms. The minimum Gasteiger partial charge on any atom is -0.312 e. The zero-order chi connectivity index (χ0) is 15.4. The van der Waals surface area contributed by atoms with Gasteiger partial charge >= 0.3 is 0 Å². The van der Waals surface area contributed by atoms with Crippen molar-refractivity contribution in [2.45, 2.75) is 44.4 Å². The lowest BCUT2D eigenvalue weighted by molar-refractivity contribution is 0.401. The minimum absolute atomic E-state index is 0.292. The molecule has 0 amide bonds. The molecule has 20 heavy (non-hydrogen) atoms. The zero-order valence-electron chi connectivity index (χ0n) is 12.6. The van der Waals surface area contributed by atoms with Crippen molar-refractivity contribution >= 4 is 9.84 Å². The van der Waals surface area contributed by atoms with Gasteiger partial charge in [0.2, 0.25) is 0 Å². The number of nitrogens with one attached hydrogen (secondary N) is 1. The van der Waals surface area contributed by atoms with E-state index in [2.05, 4.69) is 5.32 Å². The molecule has 0 heterocycles. The molecule has 3 nitrogen and oxygen atoms in total. The molecule has 0 aliphatic heterocycles. The second-order valence-corrected chi connectivity index (χ2v) is 8.27. The molecule has 0 fully saturated rings. The highest BCUT2D eigenvalue weighted by molar-refractivity contribution is 7.92. The van der Waals surface area contributed by atoms with Gasteiger partial charge in [0.05, 0.1) is 4.75 Å². The average molecular weight is 301 g/mol. The highest BCUT2D eigenvalue weighted by Gasteiger charge is 2.38. The van der Waals surface area contributed by atoms with Crippen LogP contribution in [0.3, 0.4) is 0 Å². The lowest BCUT2D eigenvalue weighted by Crippen LogP contribution is -2.53. The summed E-state index contributed by atoms with van der Waals surface area (Å²) in [6.45, 7) is 6.10. The Hall–Kier alpha value is -0.940. The normalized spacial score (nSPS) is 14.2. The maximum Gasteiger partial charge on any atom is 0.154 e. The van der Waals surface area contributed by atoms with Gasteiger partial charge in [0.15, 0.2) is 9.84 Å². The molecule has 114 valence electrons. The van der Waals surface area contributed by atoms with Crippen molar-refractivity contribution in [2.75, 3.05) is 12.8 Å². The Morgan fingerprint density at radius 2 is 1.90 bits per heavy atom. The summed E-state index contributed by atoms with van der Waals surface area (Å²) >= 11 is 0. The van der Waals surface area contributed by atoms with E-state index in [1.807, 2.05) is 6.92 Å². The molecule has 0 bridgehead atoms. The van der Waals surface area contributed by atoms with Gasteiger partial charge in [-0.3, -0.25) is 0 Å². The SMILES string of the molecule is CCCNC(Cc1ccccc1F)C(C)(C)S(C)(=O)=O. The molecule has 1 rings (SSSR count). The van der Waals surface area contributed by atoms with E-state index >= 15 is 0 Å². The number of hydrogen-bond donors (Lipinski definition) is 1. The molecule has 1 aromatic rings. The number of sulfone groups is 1. The van der Waals surface area contributed by atoms with Crippen molar-refractivity contribution in [3.05, 3.63) is 35.6 Å². The van der Waals surface area contributed by atoms with Gasteiger partial charge in [-0.1, -0.05) is 25.1 Å². The van der Waals surface area contributed by atoms with Crippen molar-refractivity contribution < 1.29 is 12.8 Å². The third-order valence-corrected chi connectivity index (χ3v) is 6.01. The molecule has 0 aliphatic carbocycles. The summed E-state index contributed by atoms with van der Waals surface area (Å²) in [7, 11) is -3.25. The van der Waals surface area contributed by atoms with Crippen molar-refractivity contribution in [1.82, 2.24) is 5.32 Å². The van der Waals surface area contributed by atoms with Crippen LogP contribution in [0.4, 0.5) is 4.39 Å². The molecule has 1 N–H and O–H groups in total. The first kappa shape index (κ1) is 17.1. The Balaban J connectivity index is 3.05. The zero-order valence-corrected chi connectivity index (χ0v) is 13.4. The topological polar surface area (TPSA) is 46.2 Å². The van der Waals surface area contributed by atoms with Crippen LogP contribution in [0.15, 0.2) is 24.3 Å². The molecule has 0 radical (unpaired) electrons. The Morgan fingerprint density at radius 1 is 1.30 bits per heavy atom. The molecule has 0 spiro atoms. The Morgan fingerprint density at radius 3 is 2.40 bits per heavy atom. The van der Waals surface area contributed by atoms with Gasteiger partial charge in [0, 0.05) is 12.3 Å². The standard InChI is InChI=1S/C15H24FNO2S/c1-5-10-17-14(15(2,3)20(4,18)19)11-12-8-6-7-9-13(12)16/h6-9,14,17H,5,10-11H2,1-4H3. The van der Waals surface area contributed by atoms with Crippen LogP contribution in [0.25, 0.3) is 0 Å². The first-order valence-electron chi connectivity index (χ1n) is 6.86. The average Bonchev–Trinajstić information content (AvgIpc) is 2.35. The van der Waals surface area contributed by atoms with E-state index in [1.54, 1.807) is 32.0 Å². The van der Waals surface area contributed by atoms with Crippen LogP contribution >= 0.6 is 0 Å². The summed E-state index contributed by atoms with van der Waals surface area (Å²) in [6, 6.07) is 6.18. The van der Waals surface area contributed by atoms with E-state index in [4.69, 9.17) is 0 Å². The van der Waals surface area contributed by atoms with E-state index in [-0.39, 0.29) is 11.9 Å². The Bertz CT molecular complexity index is 541. The maximum atomic E-state index is 13.8. The van der Waals surface area contributed by atoms with Gasteiger partial charge in [0.25, 0.3) is 0 Å². The van der Waals surface area contributed by atoms with E-state index < -0.39 is 14.6 Å². The summed E-state index contributed by atoms with van der Waals surface area (Å²) in [5, 5.41) is 3.25. The summed E-state index contributed by atoms with van der Waals surface area (Å²) in [6.07, 6.45) is 2.48. The van der Waals surface area contributed by atoms with Crippen LogP contribution in [-0.4, -0.2) is 32.0 Å². The van der Waals surface area contributed by atoms with Crippen LogP contribution in [0.5, 0.6) is 0 Å². The van der Waals surface area contributed by atoms with Gasteiger partial charge in [-0.15, -0.1) is 0 Å². The van der Waals surface area contributed by atoms with Crippen molar-refractivity contribution in [1.29, 1.82) is 0 Å². The van der Waals surface area contributed by atoms with Gasteiger partial charge in [0.1, 0.15) is 5.82 Å². The summed E-state index contributed by atoms with van der Waals surface area (Å²) < 4.78 is 36.8. The summed E-state index contributed by atoms with van der Waals surface area (Å²) in [5.41, 5.74) is 0.540. The fraction of sp³-hybridized carbons (Fsp3) is 0.600. The van der Waals surface area contributed by atoms with Crippen LogP contribution in [0.1, 0.15) is 32.8 Å². The van der Waals surface area contributed by atoms with Gasteiger partial charge < -0.3 is 5.32 Å². The number of benzene rings is 1. The molecular formula is C15H24FNO2S. The largest absolute Gasteiger partial charge is 0.312 e. The number of halogens is 1. The molecule has 1 atom stereocenters. The molecule has 0 aliphatic rings. The fourth-order valence-corrected chi connectivity index (χ4v) is 2.71. The van der Waals surface area contributed by atoms with E-state index in [9.17, 15) is 12.8 Å². The lowest BCUT2D eigenvalue weighted by atomic mass is 9.95. The van der Waals surface area contributed by atoms with Crippen LogP contribution < -0.4 is 5.32 Å². The predicted molar refractivity (Wildman–Crippen MR) is 81.1 cm³/mol. The van der Waals surface area contributed by atoms with Crippen molar-refractivity contribution in [3.63, 3.8) is 0 Å². The van der Waals surface area contributed by atoms with Gasteiger partial charge in [-0.2, -0.15) is 0 Å². The lowest BCUT2D eigenvalue weighted by Gasteiger charge is -2.33. The Labute approximate surface area is 121 Å². The highest BCUT2D eigenvalue weighted by Crippen LogP contribution is 2.24. The number of hydrogen-bond acceptors (Lipinski definition) is 3. The molecule has 1 unspecified atom stereocenters. The van der Waals surface area contributed by atoms with Gasteiger partial charge in [-0.25, -0.2) is 12.8 Å². The third kappa shape index (κ3) is 4.03. The van der Waals surface area contributed by atoms with E-state index in [1.165, 1.54) is 12.3 Å². The quantitative estimate of drug-likeness (QED) is 0.842. The fourth-order valence-electron chi connectivity index (χ4n) is 2.02. The third-order valence-electron chi connectivity index (χ3n) is 3.82. The monoisotopic (exact) mass is 301 g/mol. The molecule has 1 aromatic carbocycles. The highest BCUT2D eigenvalue weighted by atomic mass is 32.2. The second-order valence-electron chi connectivity index (χ2n) is 5.68. The van der Waals surface area contributed by atoms with Crippen molar-refractivity contribution in [3.8, 4) is 0 Å². The van der Waals surface area contributed by atoms with E-state index in [0.29, 0.717) is 18.5 Å². The molecule has 0 aromatic heterocycles. The van der Waals surface area contributed by atoms with E-state index in [0.717, 1.165) is 6.42 Å². The minimum atomic E-state index is -3.25. The summed E-state index contributed by atoms with van der Waals surface area (Å²) in [4.78, 5) is 0. The predicted octanol–water partition coefficient (Wildman–Crippen LogP) is 2.56. The molecule has 0 saturated heterocycles. The summed E-state index contributed by atoms with van der Waals surface area (Å²) in [5.74, 6) is -0.292. The van der Waals surface area contributed by atoms with Crippen LogP contribution in [-0.2, 0) is 16.3 Å². The Kier molecular flexibility index (Phi) is 5.71. The number of rotatable bonds is 7. The second kappa shape index (κ2) is 6.68.